The Balaban J connectivity index is 1.61. The third kappa shape index (κ3) is 4.19. The lowest BCUT2D eigenvalue weighted by molar-refractivity contribution is 0.182. The number of nitrogens with one attached hydrogen (secondary N) is 1. The van der Waals surface area contributed by atoms with Crippen molar-refractivity contribution in [3.63, 3.8) is 0 Å². The van der Waals surface area contributed by atoms with E-state index < -0.39 is 0 Å². The molecule has 0 saturated heterocycles. The van der Waals surface area contributed by atoms with Gasteiger partial charge in [0.2, 0.25) is 0 Å². The summed E-state index contributed by atoms with van der Waals surface area (Å²) in [5.74, 6) is 1.73. The van der Waals surface area contributed by atoms with Gasteiger partial charge in [-0.2, -0.15) is 0 Å². The summed E-state index contributed by atoms with van der Waals surface area (Å²) in [6.45, 7) is 3.07. The monoisotopic (exact) mass is 347 g/mol. The summed E-state index contributed by atoms with van der Waals surface area (Å²) < 4.78 is 5.64. The highest BCUT2D eigenvalue weighted by molar-refractivity contribution is 7.10. The van der Waals surface area contributed by atoms with Crippen molar-refractivity contribution in [1.29, 1.82) is 0 Å². The zero-order chi connectivity index (χ0) is 17.1. The van der Waals surface area contributed by atoms with Crippen LogP contribution in [0.1, 0.15) is 35.3 Å². The number of likely N-dealkylation sites (N-methyl/N-ethyl adjacent to an activating group) is 1. The van der Waals surface area contributed by atoms with Crippen LogP contribution in [-0.4, -0.2) is 42.5 Å². The molecule has 1 saturated carbocycles. The highest BCUT2D eigenvalue weighted by Crippen LogP contribution is 2.29. The molecule has 3 rings (SSSR count). The molecular formula is C18H25N3O2S. The third-order valence-electron chi connectivity index (χ3n) is 4.31. The smallest absolute Gasteiger partial charge is 0.318 e. The first kappa shape index (κ1) is 17.0. The van der Waals surface area contributed by atoms with Gasteiger partial charge in [0.05, 0.1) is 12.6 Å². The number of hydrogen-bond acceptors (Lipinski definition) is 4. The van der Waals surface area contributed by atoms with E-state index in [1.54, 1.807) is 11.3 Å². The lowest BCUT2D eigenvalue weighted by atomic mass is 10.2. The Hall–Kier alpha value is -1.79. The first-order valence-corrected chi connectivity index (χ1v) is 9.22. The Morgan fingerprint density at radius 1 is 1.38 bits per heavy atom. The lowest BCUT2D eigenvalue weighted by Gasteiger charge is -2.26. The van der Waals surface area contributed by atoms with Crippen molar-refractivity contribution in [1.82, 2.24) is 15.1 Å². The molecule has 1 N–H and O–H groups in total. The van der Waals surface area contributed by atoms with E-state index in [0.717, 1.165) is 24.4 Å². The molecule has 0 radical (unpaired) electrons. The van der Waals surface area contributed by atoms with Crippen LogP contribution in [0.25, 0.3) is 0 Å². The molecule has 130 valence electrons. The van der Waals surface area contributed by atoms with Crippen molar-refractivity contribution in [3.05, 3.63) is 46.0 Å². The number of carbonyl (C=O) groups excluding carboxylic acids is 1. The number of furan rings is 1. The van der Waals surface area contributed by atoms with Crippen LogP contribution in [0, 0.1) is 6.92 Å². The van der Waals surface area contributed by atoms with Gasteiger partial charge in [0.25, 0.3) is 0 Å². The SMILES string of the molecule is Cc1ccc(CN(C(=O)NC[C@H](c2cccs2)N(C)C)C2CC2)o1. The molecule has 0 unspecified atom stereocenters. The number of aryl methyl sites for hydroxylation is 1. The van der Waals surface area contributed by atoms with E-state index in [2.05, 4.69) is 21.7 Å². The van der Waals surface area contributed by atoms with Crippen LogP contribution in [0.4, 0.5) is 4.79 Å². The zero-order valence-corrected chi connectivity index (χ0v) is 15.3. The van der Waals surface area contributed by atoms with Crippen LogP contribution in [0.3, 0.4) is 0 Å². The molecule has 24 heavy (non-hydrogen) atoms. The second-order valence-corrected chi connectivity index (χ2v) is 7.53. The largest absolute Gasteiger partial charge is 0.464 e. The molecule has 1 atom stereocenters. The number of nitrogens with zero attached hydrogens (tertiary/aromatic N) is 2. The second kappa shape index (κ2) is 7.40. The van der Waals surface area contributed by atoms with Crippen molar-refractivity contribution in [2.75, 3.05) is 20.6 Å². The average Bonchev–Trinajstić information content (AvgIpc) is 3.06. The van der Waals surface area contributed by atoms with Gasteiger partial charge in [-0.05, 0) is 57.4 Å². The second-order valence-electron chi connectivity index (χ2n) is 6.55. The Morgan fingerprint density at radius 3 is 2.71 bits per heavy atom. The molecular weight excluding hydrogens is 322 g/mol. The Bertz CT molecular complexity index is 662. The number of urea groups is 1. The zero-order valence-electron chi connectivity index (χ0n) is 14.5. The summed E-state index contributed by atoms with van der Waals surface area (Å²) in [5, 5.41) is 5.18. The fourth-order valence-corrected chi connectivity index (χ4v) is 3.72. The molecule has 0 spiro atoms. The van der Waals surface area contributed by atoms with Gasteiger partial charge in [-0.1, -0.05) is 6.07 Å². The van der Waals surface area contributed by atoms with E-state index in [1.165, 1.54) is 4.88 Å². The van der Waals surface area contributed by atoms with E-state index in [9.17, 15) is 4.79 Å². The highest BCUT2D eigenvalue weighted by atomic mass is 32.1. The van der Waals surface area contributed by atoms with Crippen LogP contribution < -0.4 is 5.32 Å². The van der Waals surface area contributed by atoms with Crippen LogP contribution in [0.15, 0.2) is 34.1 Å². The standard InChI is InChI=1S/C18H25N3O2S/c1-13-6-9-15(23-13)12-21(14-7-8-14)18(22)19-11-16(20(2)3)17-5-4-10-24-17/h4-6,9-10,14,16H,7-8,11-12H2,1-3H3,(H,19,22)/t16-/m1/s1. The van der Waals surface area contributed by atoms with E-state index in [0.29, 0.717) is 19.1 Å². The van der Waals surface area contributed by atoms with Gasteiger partial charge in [-0.15, -0.1) is 11.3 Å². The van der Waals surface area contributed by atoms with Crippen molar-refractivity contribution in [2.45, 2.75) is 38.4 Å². The fraction of sp³-hybridized carbons (Fsp3) is 0.500. The molecule has 2 heterocycles. The lowest BCUT2D eigenvalue weighted by Crippen LogP contribution is -2.43. The maximum Gasteiger partial charge on any atom is 0.318 e. The highest BCUT2D eigenvalue weighted by Gasteiger charge is 2.33. The van der Waals surface area contributed by atoms with Gasteiger partial charge in [-0.25, -0.2) is 4.79 Å². The van der Waals surface area contributed by atoms with Gasteiger partial charge in [0.15, 0.2) is 0 Å². The van der Waals surface area contributed by atoms with E-state index in [-0.39, 0.29) is 12.1 Å². The fourth-order valence-electron chi connectivity index (χ4n) is 2.79. The Morgan fingerprint density at radius 2 is 2.17 bits per heavy atom. The maximum absolute atomic E-state index is 12.7. The predicted octanol–water partition coefficient (Wildman–Crippen LogP) is 3.63. The molecule has 2 amide bonds. The quantitative estimate of drug-likeness (QED) is 0.832. The Labute approximate surface area is 147 Å². The summed E-state index contributed by atoms with van der Waals surface area (Å²) in [7, 11) is 4.08. The van der Waals surface area contributed by atoms with Gasteiger partial charge >= 0.3 is 6.03 Å². The van der Waals surface area contributed by atoms with E-state index >= 15 is 0 Å². The number of amides is 2. The molecule has 1 aliphatic carbocycles. The van der Waals surface area contributed by atoms with Crippen LogP contribution in [-0.2, 0) is 6.54 Å². The summed E-state index contributed by atoms with van der Waals surface area (Å²) >= 11 is 1.72. The molecule has 1 fully saturated rings. The van der Waals surface area contributed by atoms with Crippen molar-refractivity contribution >= 4 is 17.4 Å². The normalized spacial score (nSPS) is 15.5. The minimum Gasteiger partial charge on any atom is -0.464 e. The summed E-state index contributed by atoms with van der Waals surface area (Å²) in [5.41, 5.74) is 0. The number of carbonyl (C=O) groups is 1. The third-order valence-corrected chi connectivity index (χ3v) is 5.29. The molecule has 0 bridgehead atoms. The van der Waals surface area contributed by atoms with Gasteiger partial charge in [-0.3, -0.25) is 0 Å². The van der Waals surface area contributed by atoms with Gasteiger partial charge < -0.3 is 19.5 Å². The van der Waals surface area contributed by atoms with E-state index in [1.807, 2.05) is 44.1 Å². The van der Waals surface area contributed by atoms with Crippen LogP contribution >= 0.6 is 11.3 Å². The average molecular weight is 347 g/mol. The first-order valence-electron chi connectivity index (χ1n) is 8.34. The van der Waals surface area contributed by atoms with Crippen molar-refractivity contribution in [2.24, 2.45) is 0 Å². The molecule has 2 aromatic heterocycles. The number of thiophene rings is 1. The Kier molecular flexibility index (Phi) is 5.26. The molecule has 6 heteroatoms. The molecule has 2 aromatic rings. The van der Waals surface area contributed by atoms with Gasteiger partial charge in [0, 0.05) is 17.5 Å². The summed E-state index contributed by atoms with van der Waals surface area (Å²) in [6.07, 6.45) is 2.16. The van der Waals surface area contributed by atoms with Crippen LogP contribution in [0.2, 0.25) is 0 Å². The minimum atomic E-state index is -0.00467. The van der Waals surface area contributed by atoms with E-state index in [4.69, 9.17) is 4.42 Å². The number of rotatable bonds is 7. The minimum absolute atomic E-state index is 0.00467. The summed E-state index contributed by atoms with van der Waals surface area (Å²) in [4.78, 5) is 18.0. The molecule has 1 aliphatic rings. The van der Waals surface area contributed by atoms with Gasteiger partial charge in [0.1, 0.15) is 11.5 Å². The summed E-state index contributed by atoms with van der Waals surface area (Å²) in [6, 6.07) is 8.59. The van der Waals surface area contributed by atoms with Crippen molar-refractivity contribution in [3.8, 4) is 0 Å². The maximum atomic E-state index is 12.7. The topological polar surface area (TPSA) is 48.7 Å². The molecule has 0 aromatic carbocycles. The predicted molar refractivity (Wildman–Crippen MR) is 96.2 cm³/mol. The number of hydrogen-bond donors (Lipinski definition) is 1. The first-order chi connectivity index (χ1) is 11.5. The molecule has 0 aliphatic heterocycles. The molecule has 5 nitrogen and oxygen atoms in total. The van der Waals surface area contributed by atoms with Crippen LogP contribution in [0.5, 0.6) is 0 Å². The van der Waals surface area contributed by atoms with Crippen molar-refractivity contribution < 1.29 is 9.21 Å².